The number of nitrogens with one attached hydrogen (secondary N) is 1. The topological polar surface area (TPSA) is 66.4 Å². The summed E-state index contributed by atoms with van der Waals surface area (Å²) < 4.78 is 25.1. The summed E-state index contributed by atoms with van der Waals surface area (Å²) in [5.41, 5.74) is 2.11. The third-order valence-electron chi connectivity index (χ3n) is 2.34. The van der Waals surface area contributed by atoms with Gasteiger partial charge in [-0.2, -0.15) is 0 Å². The van der Waals surface area contributed by atoms with E-state index in [0.29, 0.717) is 0 Å². The molecule has 0 fully saturated rings. The normalized spacial score (nSPS) is 11.6. The second-order valence-electron chi connectivity index (χ2n) is 3.49. The van der Waals surface area contributed by atoms with Gasteiger partial charge in [-0.3, -0.25) is 0 Å². The average molecular weight is 243 g/mol. The lowest BCUT2D eigenvalue weighted by Crippen LogP contribution is -2.27. The number of rotatable bonds is 6. The van der Waals surface area contributed by atoms with Crippen molar-refractivity contribution >= 4 is 10.0 Å². The van der Waals surface area contributed by atoms with Crippen molar-refractivity contribution in [2.75, 3.05) is 12.4 Å². The molecule has 0 heterocycles. The van der Waals surface area contributed by atoms with Crippen LogP contribution in [0.1, 0.15) is 18.1 Å². The summed E-state index contributed by atoms with van der Waals surface area (Å²) in [5.74, 6) is -0.249. The zero-order chi connectivity index (χ0) is 12.0. The Bertz CT molecular complexity index is 429. The lowest BCUT2D eigenvalue weighted by Gasteiger charge is -2.09. The van der Waals surface area contributed by atoms with Gasteiger partial charge < -0.3 is 5.11 Å². The lowest BCUT2D eigenvalue weighted by atomic mass is 10.1. The molecule has 0 atom stereocenters. The molecule has 1 aromatic rings. The van der Waals surface area contributed by atoms with Gasteiger partial charge in [0.15, 0.2) is 0 Å². The largest absolute Gasteiger partial charge is 0.395 e. The lowest BCUT2D eigenvalue weighted by molar-refractivity contribution is 0.319. The summed E-state index contributed by atoms with van der Waals surface area (Å²) >= 11 is 0. The van der Waals surface area contributed by atoms with Crippen LogP contribution in [0.2, 0.25) is 0 Å². The summed E-state index contributed by atoms with van der Waals surface area (Å²) in [6, 6.07) is 7.70. The van der Waals surface area contributed by atoms with E-state index in [2.05, 4.69) is 4.72 Å². The maximum absolute atomic E-state index is 11.3. The third kappa shape index (κ3) is 3.92. The Hall–Kier alpha value is -0.910. The summed E-state index contributed by atoms with van der Waals surface area (Å²) in [6.45, 7) is 1.96. The molecule has 90 valence electrons. The van der Waals surface area contributed by atoms with Crippen LogP contribution in [0.3, 0.4) is 0 Å². The van der Waals surface area contributed by atoms with Crippen LogP contribution in [0.15, 0.2) is 24.3 Å². The molecule has 0 aliphatic carbocycles. The zero-order valence-electron chi connectivity index (χ0n) is 9.31. The van der Waals surface area contributed by atoms with Crippen molar-refractivity contribution in [2.24, 2.45) is 0 Å². The second-order valence-corrected chi connectivity index (χ2v) is 5.41. The van der Waals surface area contributed by atoms with Crippen LogP contribution in [-0.2, 0) is 23.0 Å². The van der Waals surface area contributed by atoms with Gasteiger partial charge in [0.05, 0.1) is 12.4 Å². The molecule has 0 saturated carbocycles. The standard InChI is InChI=1S/C11H17NO3S/c1-2-10-5-3-4-6-11(10)9-12-16(14,15)8-7-13/h3-6,12-13H,2,7-9H2,1H3. The third-order valence-corrected chi connectivity index (χ3v) is 3.65. The highest BCUT2D eigenvalue weighted by molar-refractivity contribution is 7.89. The number of aliphatic hydroxyl groups excluding tert-OH is 1. The van der Waals surface area contributed by atoms with E-state index in [4.69, 9.17) is 5.11 Å². The van der Waals surface area contributed by atoms with Gasteiger partial charge in [-0.1, -0.05) is 31.2 Å². The molecule has 0 amide bonds. The molecule has 0 saturated heterocycles. The SMILES string of the molecule is CCc1ccccc1CNS(=O)(=O)CCO. The first kappa shape index (κ1) is 13.2. The quantitative estimate of drug-likeness (QED) is 0.771. The van der Waals surface area contributed by atoms with Gasteiger partial charge >= 0.3 is 0 Å². The van der Waals surface area contributed by atoms with Crippen LogP contribution >= 0.6 is 0 Å². The Morgan fingerprint density at radius 2 is 1.88 bits per heavy atom. The fourth-order valence-electron chi connectivity index (χ4n) is 1.45. The van der Waals surface area contributed by atoms with Crippen LogP contribution < -0.4 is 4.72 Å². The fraction of sp³-hybridized carbons (Fsp3) is 0.455. The first-order chi connectivity index (χ1) is 7.59. The van der Waals surface area contributed by atoms with Crippen molar-refractivity contribution in [3.63, 3.8) is 0 Å². The van der Waals surface area contributed by atoms with E-state index in [-0.39, 0.29) is 18.9 Å². The highest BCUT2D eigenvalue weighted by atomic mass is 32.2. The van der Waals surface area contributed by atoms with Crippen molar-refractivity contribution in [3.05, 3.63) is 35.4 Å². The predicted molar refractivity (Wildman–Crippen MR) is 63.5 cm³/mol. The molecule has 0 bridgehead atoms. The molecule has 0 unspecified atom stereocenters. The molecule has 0 spiro atoms. The number of aryl methyl sites for hydroxylation is 1. The van der Waals surface area contributed by atoms with Gasteiger partial charge in [-0.15, -0.1) is 0 Å². The van der Waals surface area contributed by atoms with E-state index in [9.17, 15) is 8.42 Å². The van der Waals surface area contributed by atoms with Crippen LogP contribution in [0.25, 0.3) is 0 Å². The minimum atomic E-state index is -3.35. The van der Waals surface area contributed by atoms with Crippen molar-refractivity contribution in [2.45, 2.75) is 19.9 Å². The minimum Gasteiger partial charge on any atom is -0.395 e. The van der Waals surface area contributed by atoms with Crippen LogP contribution in [0.4, 0.5) is 0 Å². The number of benzene rings is 1. The zero-order valence-corrected chi connectivity index (χ0v) is 10.1. The van der Waals surface area contributed by atoms with E-state index in [1.807, 2.05) is 31.2 Å². The van der Waals surface area contributed by atoms with E-state index in [1.54, 1.807) is 0 Å². The molecular formula is C11H17NO3S. The Labute approximate surface area is 96.4 Å². The van der Waals surface area contributed by atoms with E-state index in [1.165, 1.54) is 0 Å². The Balaban J connectivity index is 2.68. The fourth-order valence-corrected chi connectivity index (χ4v) is 2.22. The van der Waals surface area contributed by atoms with Crippen molar-refractivity contribution < 1.29 is 13.5 Å². The van der Waals surface area contributed by atoms with Crippen LogP contribution in [-0.4, -0.2) is 25.9 Å². The first-order valence-corrected chi connectivity index (χ1v) is 6.89. The molecule has 2 N–H and O–H groups in total. The van der Waals surface area contributed by atoms with E-state index < -0.39 is 10.0 Å². The molecule has 0 radical (unpaired) electrons. The van der Waals surface area contributed by atoms with Gasteiger partial charge in [-0.25, -0.2) is 13.1 Å². The number of hydrogen-bond donors (Lipinski definition) is 2. The Morgan fingerprint density at radius 1 is 1.25 bits per heavy atom. The summed E-state index contributed by atoms with van der Waals surface area (Å²) in [5, 5.41) is 8.58. The second kappa shape index (κ2) is 5.98. The molecule has 1 rings (SSSR count). The maximum atomic E-state index is 11.3. The molecule has 16 heavy (non-hydrogen) atoms. The minimum absolute atomic E-state index is 0.249. The molecule has 0 aliphatic rings. The molecular weight excluding hydrogens is 226 g/mol. The Morgan fingerprint density at radius 3 is 2.44 bits per heavy atom. The van der Waals surface area contributed by atoms with Crippen molar-refractivity contribution in [3.8, 4) is 0 Å². The molecule has 5 heteroatoms. The van der Waals surface area contributed by atoms with Gasteiger partial charge in [0.25, 0.3) is 0 Å². The maximum Gasteiger partial charge on any atom is 0.214 e. The summed E-state index contributed by atoms with van der Waals surface area (Å²) in [4.78, 5) is 0. The van der Waals surface area contributed by atoms with Gasteiger partial charge in [0.2, 0.25) is 10.0 Å². The number of sulfonamides is 1. The number of aliphatic hydroxyl groups is 1. The molecule has 0 aliphatic heterocycles. The van der Waals surface area contributed by atoms with Gasteiger partial charge in [0.1, 0.15) is 0 Å². The van der Waals surface area contributed by atoms with E-state index in [0.717, 1.165) is 17.5 Å². The predicted octanol–water partition coefficient (Wildman–Crippen LogP) is 0.661. The summed E-state index contributed by atoms with van der Waals surface area (Å²) in [7, 11) is -3.35. The highest BCUT2D eigenvalue weighted by Crippen LogP contribution is 2.09. The smallest absolute Gasteiger partial charge is 0.214 e. The summed E-state index contributed by atoms with van der Waals surface area (Å²) in [6.07, 6.45) is 0.873. The molecule has 0 aromatic heterocycles. The average Bonchev–Trinajstić information content (AvgIpc) is 2.27. The van der Waals surface area contributed by atoms with Crippen LogP contribution in [0, 0.1) is 0 Å². The van der Waals surface area contributed by atoms with Crippen molar-refractivity contribution in [1.82, 2.24) is 4.72 Å². The molecule has 4 nitrogen and oxygen atoms in total. The van der Waals surface area contributed by atoms with Gasteiger partial charge in [-0.05, 0) is 17.5 Å². The first-order valence-electron chi connectivity index (χ1n) is 5.24. The van der Waals surface area contributed by atoms with Gasteiger partial charge in [0, 0.05) is 6.54 Å². The van der Waals surface area contributed by atoms with Crippen LogP contribution in [0.5, 0.6) is 0 Å². The monoisotopic (exact) mass is 243 g/mol. The number of hydrogen-bond acceptors (Lipinski definition) is 3. The highest BCUT2D eigenvalue weighted by Gasteiger charge is 2.09. The van der Waals surface area contributed by atoms with Crippen molar-refractivity contribution in [1.29, 1.82) is 0 Å². The van der Waals surface area contributed by atoms with E-state index >= 15 is 0 Å². The Kier molecular flexibility index (Phi) is 4.92. The molecule has 1 aromatic carbocycles.